The monoisotopic (exact) mass is 329 g/mol. The Bertz CT molecular complexity index is 642. The molecule has 0 aromatic carbocycles. The van der Waals surface area contributed by atoms with Gasteiger partial charge in [0.25, 0.3) is 0 Å². The van der Waals surface area contributed by atoms with E-state index in [2.05, 4.69) is 37.6 Å². The Morgan fingerprint density at radius 1 is 1.29 bits per heavy atom. The molecule has 0 saturated carbocycles. The van der Waals surface area contributed by atoms with E-state index in [1.54, 1.807) is 0 Å². The maximum atomic E-state index is 12.1. The Hall–Kier alpha value is -1.92. The SMILES string of the molecule is CCCNC(=O)C(C)N1CCN(Cc2cn3ccccc3n2)CC1. The van der Waals surface area contributed by atoms with Gasteiger partial charge in [0, 0.05) is 51.7 Å². The number of fused-ring (bicyclic) bond motifs is 1. The highest BCUT2D eigenvalue weighted by molar-refractivity contribution is 5.81. The third kappa shape index (κ3) is 3.94. The fourth-order valence-corrected chi connectivity index (χ4v) is 3.16. The maximum absolute atomic E-state index is 12.1. The number of amides is 1. The highest BCUT2D eigenvalue weighted by Crippen LogP contribution is 2.11. The van der Waals surface area contributed by atoms with E-state index in [-0.39, 0.29) is 11.9 Å². The molecular formula is C18H27N5O. The molecule has 1 N–H and O–H groups in total. The second kappa shape index (κ2) is 7.77. The van der Waals surface area contributed by atoms with E-state index >= 15 is 0 Å². The summed E-state index contributed by atoms with van der Waals surface area (Å²) in [5.41, 5.74) is 2.09. The van der Waals surface area contributed by atoms with Crippen LogP contribution in [0.2, 0.25) is 0 Å². The molecule has 3 rings (SSSR count). The summed E-state index contributed by atoms with van der Waals surface area (Å²) in [5.74, 6) is 0.144. The first kappa shape index (κ1) is 16.9. The number of rotatable bonds is 6. The summed E-state index contributed by atoms with van der Waals surface area (Å²) in [6.07, 6.45) is 5.11. The summed E-state index contributed by atoms with van der Waals surface area (Å²) < 4.78 is 2.06. The number of carbonyl (C=O) groups is 1. The summed E-state index contributed by atoms with van der Waals surface area (Å²) in [7, 11) is 0. The molecule has 1 aliphatic heterocycles. The average Bonchev–Trinajstić information content (AvgIpc) is 3.02. The molecule has 0 spiro atoms. The Morgan fingerprint density at radius 2 is 2.08 bits per heavy atom. The van der Waals surface area contributed by atoms with E-state index in [1.807, 2.05) is 31.3 Å². The van der Waals surface area contributed by atoms with E-state index < -0.39 is 0 Å². The minimum Gasteiger partial charge on any atom is -0.355 e. The summed E-state index contributed by atoms with van der Waals surface area (Å²) >= 11 is 0. The van der Waals surface area contributed by atoms with Crippen LogP contribution in [0.4, 0.5) is 0 Å². The van der Waals surface area contributed by atoms with Gasteiger partial charge < -0.3 is 9.72 Å². The first-order chi connectivity index (χ1) is 11.7. The molecule has 2 aromatic rings. The van der Waals surface area contributed by atoms with E-state index in [0.717, 1.165) is 57.0 Å². The smallest absolute Gasteiger partial charge is 0.237 e. The molecule has 3 heterocycles. The van der Waals surface area contributed by atoms with Gasteiger partial charge in [-0.25, -0.2) is 4.98 Å². The second-order valence-corrected chi connectivity index (χ2v) is 6.48. The van der Waals surface area contributed by atoms with Crippen molar-refractivity contribution >= 4 is 11.6 Å². The molecule has 2 aromatic heterocycles. The van der Waals surface area contributed by atoms with Crippen LogP contribution in [0.5, 0.6) is 0 Å². The van der Waals surface area contributed by atoms with Crippen LogP contribution in [0, 0.1) is 0 Å². The summed E-state index contributed by atoms with van der Waals surface area (Å²) in [6.45, 7) is 9.50. The van der Waals surface area contributed by atoms with E-state index in [9.17, 15) is 4.79 Å². The number of imidazole rings is 1. The van der Waals surface area contributed by atoms with Gasteiger partial charge >= 0.3 is 0 Å². The number of nitrogens with zero attached hydrogens (tertiary/aromatic N) is 4. The van der Waals surface area contributed by atoms with Crippen LogP contribution in [-0.4, -0.2) is 63.9 Å². The number of hydrogen-bond acceptors (Lipinski definition) is 4. The lowest BCUT2D eigenvalue weighted by atomic mass is 10.2. The Morgan fingerprint density at radius 3 is 2.79 bits per heavy atom. The zero-order chi connectivity index (χ0) is 16.9. The summed E-state index contributed by atoms with van der Waals surface area (Å²) in [5, 5.41) is 2.99. The van der Waals surface area contributed by atoms with Crippen molar-refractivity contribution in [3.05, 3.63) is 36.3 Å². The van der Waals surface area contributed by atoms with Crippen molar-refractivity contribution < 1.29 is 4.79 Å². The highest BCUT2D eigenvalue weighted by Gasteiger charge is 2.25. The van der Waals surface area contributed by atoms with E-state index in [0.29, 0.717) is 0 Å². The van der Waals surface area contributed by atoms with Crippen LogP contribution >= 0.6 is 0 Å². The van der Waals surface area contributed by atoms with Gasteiger partial charge in [0.2, 0.25) is 5.91 Å². The van der Waals surface area contributed by atoms with Gasteiger partial charge in [-0.2, -0.15) is 0 Å². The summed E-state index contributed by atoms with van der Waals surface area (Å²) in [4.78, 5) is 21.4. The fourth-order valence-electron chi connectivity index (χ4n) is 3.16. The van der Waals surface area contributed by atoms with Crippen molar-refractivity contribution in [1.82, 2.24) is 24.5 Å². The quantitative estimate of drug-likeness (QED) is 0.870. The molecular weight excluding hydrogens is 302 g/mol. The number of nitrogens with one attached hydrogen (secondary N) is 1. The predicted molar refractivity (Wildman–Crippen MR) is 94.8 cm³/mol. The Balaban J connectivity index is 1.50. The lowest BCUT2D eigenvalue weighted by Gasteiger charge is -2.37. The molecule has 130 valence electrons. The molecule has 1 amide bonds. The van der Waals surface area contributed by atoms with Crippen LogP contribution in [0.3, 0.4) is 0 Å². The van der Waals surface area contributed by atoms with Gasteiger partial charge in [0.05, 0.1) is 11.7 Å². The van der Waals surface area contributed by atoms with E-state index in [1.165, 1.54) is 0 Å². The van der Waals surface area contributed by atoms with Crippen LogP contribution in [0.25, 0.3) is 5.65 Å². The lowest BCUT2D eigenvalue weighted by Crippen LogP contribution is -2.53. The molecule has 0 bridgehead atoms. The molecule has 1 atom stereocenters. The molecule has 0 aliphatic carbocycles. The van der Waals surface area contributed by atoms with Gasteiger partial charge in [-0.1, -0.05) is 13.0 Å². The number of piperazine rings is 1. The predicted octanol–water partition coefficient (Wildman–Crippen LogP) is 1.37. The van der Waals surface area contributed by atoms with Gasteiger partial charge in [0.15, 0.2) is 0 Å². The van der Waals surface area contributed by atoms with E-state index in [4.69, 9.17) is 0 Å². The van der Waals surface area contributed by atoms with Crippen molar-refractivity contribution in [3.63, 3.8) is 0 Å². The molecule has 6 heteroatoms. The molecule has 24 heavy (non-hydrogen) atoms. The number of hydrogen-bond donors (Lipinski definition) is 1. The van der Waals surface area contributed by atoms with Crippen molar-refractivity contribution in [1.29, 1.82) is 0 Å². The summed E-state index contributed by atoms with van der Waals surface area (Å²) in [6, 6.07) is 6.00. The van der Waals surface area contributed by atoms with Gasteiger partial charge in [-0.05, 0) is 25.5 Å². The molecule has 1 saturated heterocycles. The highest BCUT2D eigenvalue weighted by atomic mass is 16.2. The zero-order valence-electron chi connectivity index (χ0n) is 14.6. The van der Waals surface area contributed by atoms with Crippen LogP contribution < -0.4 is 5.32 Å². The normalized spacial score (nSPS) is 17.9. The molecule has 0 radical (unpaired) electrons. The maximum Gasteiger partial charge on any atom is 0.237 e. The molecule has 6 nitrogen and oxygen atoms in total. The number of aromatic nitrogens is 2. The number of carbonyl (C=O) groups excluding carboxylic acids is 1. The number of pyridine rings is 1. The Labute approximate surface area is 143 Å². The molecule has 1 unspecified atom stereocenters. The van der Waals surface area contributed by atoms with Crippen LogP contribution in [-0.2, 0) is 11.3 Å². The van der Waals surface area contributed by atoms with Gasteiger partial charge in [-0.3, -0.25) is 14.6 Å². The fraction of sp³-hybridized carbons (Fsp3) is 0.556. The van der Waals surface area contributed by atoms with Crippen molar-refractivity contribution in [2.45, 2.75) is 32.9 Å². The first-order valence-corrected chi connectivity index (χ1v) is 8.84. The lowest BCUT2D eigenvalue weighted by molar-refractivity contribution is -0.126. The standard InChI is InChI=1S/C18H27N5O/c1-3-7-19-18(24)15(2)22-11-9-21(10-12-22)13-16-14-23-8-5-4-6-17(23)20-16/h4-6,8,14-15H,3,7,9-13H2,1-2H3,(H,19,24). The minimum absolute atomic E-state index is 0.0473. The Kier molecular flexibility index (Phi) is 5.48. The third-order valence-electron chi connectivity index (χ3n) is 4.68. The average molecular weight is 329 g/mol. The molecule has 1 fully saturated rings. The largest absolute Gasteiger partial charge is 0.355 e. The van der Waals surface area contributed by atoms with Crippen molar-refractivity contribution in [2.75, 3.05) is 32.7 Å². The topological polar surface area (TPSA) is 52.9 Å². The third-order valence-corrected chi connectivity index (χ3v) is 4.68. The van der Waals surface area contributed by atoms with Gasteiger partial charge in [0.1, 0.15) is 5.65 Å². The van der Waals surface area contributed by atoms with Crippen LogP contribution in [0.15, 0.2) is 30.6 Å². The first-order valence-electron chi connectivity index (χ1n) is 8.84. The zero-order valence-corrected chi connectivity index (χ0v) is 14.6. The van der Waals surface area contributed by atoms with Gasteiger partial charge in [-0.15, -0.1) is 0 Å². The van der Waals surface area contributed by atoms with Crippen molar-refractivity contribution in [3.8, 4) is 0 Å². The molecule has 1 aliphatic rings. The van der Waals surface area contributed by atoms with Crippen molar-refractivity contribution in [2.24, 2.45) is 0 Å². The van der Waals surface area contributed by atoms with Crippen LogP contribution in [0.1, 0.15) is 26.0 Å². The second-order valence-electron chi connectivity index (χ2n) is 6.48. The minimum atomic E-state index is -0.0473.